The summed E-state index contributed by atoms with van der Waals surface area (Å²) in [6.45, 7) is 0. The van der Waals surface area contributed by atoms with E-state index in [0.717, 1.165) is 10.0 Å². The van der Waals surface area contributed by atoms with Crippen LogP contribution < -0.4 is 5.73 Å². The average Bonchev–Trinajstić information content (AvgIpc) is 2.81. The van der Waals surface area contributed by atoms with Crippen molar-refractivity contribution in [2.45, 2.75) is 18.8 Å². The minimum Gasteiger partial charge on any atom is -0.383 e. The van der Waals surface area contributed by atoms with Crippen molar-refractivity contribution in [1.29, 1.82) is 0 Å². The van der Waals surface area contributed by atoms with Crippen LogP contribution in [0.15, 0.2) is 10.7 Å². The molecule has 0 radical (unpaired) electrons. The van der Waals surface area contributed by atoms with Crippen molar-refractivity contribution >= 4 is 33.3 Å². The Kier molecular flexibility index (Phi) is 2.00. The highest BCUT2D eigenvalue weighted by Gasteiger charge is 2.29. The lowest BCUT2D eigenvalue weighted by atomic mass is 10.2. The van der Waals surface area contributed by atoms with Gasteiger partial charge in [0.15, 0.2) is 0 Å². The van der Waals surface area contributed by atoms with Crippen molar-refractivity contribution < 1.29 is 0 Å². The molecule has 64 valence electrons. The van der Waals surface area contributed by atoms with Crippen LogP contribution in [0, 0.1) is 0 Å². The molecule has 0 atom stereocenters. The predicted molar refractivity (Wildman–Crippen MR) is 53.3 cm³/mol. The summed E-state index contributed by atoms with van der Waals surface area (Å²) in [6, 6.07) is 0. The highest BCUT2D eigenvalue weighted by atomic mass is 79.9. The van der Waals surface area contributed by atoms with Gasteiger partial charge in [0.05, 0.1) is 5.02 Å². The average molecular weight is 248 g/mol. The van der Waals surface area contributed by atoms with Crippen molar-refractivity contribution in [1.82, 2.24) is 4.98 Å². The van der Waals surface area contributed by atoms with Gasteiger partial charge in [-0.05, 0) is 34.7 Å². The van der Waals surface area contributed by atoms with Gasteiger partial charge in [0, 0.05) is 16.2 Å². The number of halogens is 2. The summed E-state index contributed by atoms with van der Waals surface area (Å²) < 4.78 is 0.916. The Morgan fingerprint density at radius 3 is 2.83 bits per heavy atom. The van der Waals surface area contributed by atoms with Gasteiger partial charge in [0.2, 0.25) is 0 Å². The molecule has 0 bridgehead atoms. The van der Waals surface area contributed by atoms with Crippen molar-refractivity contribution in [3.8, 4) is 0 Å². The number of nitrogens with two attached hydrogens (primary N) is 1. The van der Waals surface area contributed by atoms with Crippen LogP contribution in [0.4, 0.5) is 5.82 Å². The molecule has 2 rings (SSSR count). The van der Waals surface area contributed by atoms with Crippen molar-refractivity contribution in [3.05, 3.63) is 21.3 Å². The lowest BCUT2D eigenvalue weighted by Gasteiger charge is -2.06. The van der Waals surface area contributed by atoms with Gasteiger partial charge in [-0.15, -0.1) is 0 Å². The second kappa shape index (κ2) is 2.89. The van der Waals surface area contributed by atoms with E-state index in [1.807, 2.05) is 0 Å². The number of nitrogen functional groups attached to an aromatic ring is 1. The Morgan fingerprint density at radius 2 is 2.25 bits per heavy atom. The highest BCUT2D eigenvalue weighted by Crippen LogP contribution is 2.46. The number of aromatic nitrogens is 1. The molecular formula is C8H8BrClN2. The molecule has 4 heteroatoms. The predicted octanol–water partition coefficient (Wildman–Crippen LogP) is 2.96. The molecule has 1 fully saturated rings. The molecule has 0 amide bonds. The normalized spacial score (nSPS) is 16.5. The molecule has 2 N–H and O–H groups in total. The molecule has 1 aliphatic rings. The summed E-state index contributed by atoms with van der Waals surface area (Å²) in [5.41, 5.74) is 6.82. The number of nitrogens with zero attached hydrogens (tertiary/aromatic N) is 1. The van der Waals surface area contributed by atoms with E-state index in [1.165, 1.54) is 12.8 Å². The van der Waals surface area contributed by atoms with Crippen LogP contribution in [0.25, 0.3) is 0 Å². The first-order chi connectivity index (χ1) is 5.70. The lowest BCUT2D eigenvalue weighted by Crippen LogP contribution is -1.97. The molecule has 0 aromatic carbocycles. The third kappa shape index (κ3) is 1.31. The smallest absolute Gasteiger partial charge is 0.128 e. The number of anilines is 1. The Balaban J connectivity index is 2.55. The highest BCUT2D eigenvalue weighted by molar-refractivity contribution is 9.10. The fourth-order valence-corrected chi connectivity index (χ4v) is 2.03. The summed E-state index contributed by atoms with van der Waals surface area (Å²) in [4.78, 5) is 4.02. The lowest BCUT2D eigenvalue weighted by molar-refractivity contribution is 1.09. The first-order valence-electron chi connectivity index (χ1n) is 3.79. The minimum absolute atomic E-state index is 0.575. The summed E-state index contributed by atoms with van der Waals surface area (Å²) >= 11 is 9.31. The molecule has 0 aliphatic heterocycles. The molecule has 0 unspecified atom stereocenters. The third-order valence-corrected chi connectivity index (χ3v) is 3.39. The second-order valence-corrected chi connectivity index (χ2v) is 4.19. The van der Waals surface area contributed by atoms with Gasteiger partial charge in [-0.3, -0.25) is 0 Å². The Labute approximate surface area is 84.3 Å². The maximum Gasteiger partial charge on any atom is 0.128 e. The van der Waals surface area contributed by atoms with E-state index in [-0.39, 0.29) is 0 Å². The monoisotopic (exact) mass is 246 g/mol. The Bertz CT molecular complexity index is 323. The topological polar surface area (TPSA) is 38.9 Å². The number of rotatable bonds is 1. The van der Waals surface area contributed by atoms with E-state index >= 15 is 0 Å². The largest absolute Gasteiger partial charge is 0.383 e. The van der Waals surface area contributed by atoms with Crippen LogP contribution >= 0.6 is 27.5 Å². The second-order valence-electron chi connectivity index (χ2n) is 2.99. The molecule has 1 aromatic rings. The maximum absolute atomic E-state index is 5.89. The summed E-state index contributed by atoms with van der Waals surface area (Å²) in [5.74, 6) is 1.18. The van der Waals surface area contributed by atoms with Crippen LogP contribution in [0.3, 0.4) is 0 Å². The van der Waals surface area contributed by atoms with Gasteiger partial charge in [-0.25, -0.2) is 4.98 Å². The van der Waals surface area contributed by atoms with Crippen LogP contribution in [-0.4, -0.2) is 4.98 Å². The molecule has 1 heterocycles. The van der Waals surface area contributed by atoms with Crippen molar-refractivity contribution in [3.63, 3.8) is 0 Å². The first-order valence-corrected chi connectivity index (χ1v) is 4.96. The summed E-state index contributed by atoms with van der Waals surface area (Å²) in [7, 11) is 0. The molecule has 12 heavy (non-hydrogen) atoms. The summed E-state index contributed by atoms with van der Waals surface area (Å²) in [5, 5.41) is 0.645. The maximum atomic E-state index is 5.89. The Hall–Kier alpha value is -0.280. The van der Waals surface area contributed by atoms with Gasteiger partial charge >= 0.3 is 0 Å². The quantitative estimate of drug-likeness (QED) is 0.829. The zero-order chi connectivity index (χ0) is 8.72. The van der Waals surface area contributed by atoms with Crippen LogP contribution in [0.5, 0.6) is 0 Å². The Morgan fingerprint density at radius 1 is 1.58 bits per heavy atom. The molecule has 1 aromatic heterocycles. The molecule has 2 nitrogen and oxygen atoms in total. The number of hydrogen-bond donors (Lipinski definition) is 1. The minimum atomic E-state index is 0.575. The molecule has 1 aliphatic carbocycles. The SMILES string of the molecule is Nc1ncc(Cl)c(Br)c1C1CC1. The first kappa shape index (κ1) is 8.32. The molecule has 1 saturated carbocycles. The molecular weight excluding hydrogens is 239 g/mol. The van der Waals surface area contributed by atoms with Crippen LogP contribution in [-0.2, 0) is 0 Å². The third-order valence-electron chi connectivity index (χ3n) is 2.02. The van der Waals surface area contributed by atoms with Gasteiger partial charge in [-0.1, -0.05) is 11.6 Å². The van der Waals surface area contributed by atoms with Gasteiger partial charge in [0.1, 0.15) is 5.82 Å². The van der Waals surface area contributed by atoms with Crippen LogP contribution in [0.2, 0.25) is 5.02 Å². The molecule has 0 spiro atoms. The van der Waals surface area contributed by atoms with E-state index in [4.69, 9.17) is 17.3 Å². The zero-order valence-electron chi connectivity index (χ0n) is 6.35. The zero-order valence-corrected chi connectivity index (χ0v) is 8.69. The van der Waals surface area contributed by atoms with E-state index in [1.54, 1.807) is 6.20 Å². The fraction of sp³-hybridized carbons (Fsp3) is 0.375. The van der Waals surface area contributed by atoms with Gasteiger partial charge in [0.25, 0.3) is 0 Å². The number of hydrogen-bond acceptors (Lipinski definition) is 2. The standard InChI is InChI=1S/C8H8BrClN2/c9-7-5(10)3-12-8(11)6(7)4-1-2-4/h3-4H,1-2H2,(H2,11,12). The van der Waals surface area contributed by atoms with E-state index in [9.17, 15) is 0 Å². The molecule has 0 saturated heterocycles. The summed E-state index contributed by atoms with van der Waals surface area (Å²) in [6.07, 6.45) is 3.97. The van der Waals surface area contributed by atoms with E-state index in [2.05, 4.69) is 20.9 Å². The van der Waals surface area contributed by atoms with Gasteiger partial charge in [-0.2, -0.15) is 0 Å². The van der Waals surface area contributed by atoms with Crippen molar-refractivity contribution in [2.75, 3.05) is 5.73 Å². The fourth-order valence-electron chi connectivity index (χ4n) is 1.25. The number of pyridine rings is 1. The van der Waals surface area contributed by atoms with Crippen LogP contribution in [0.1, 0.15) is 24.3 Å². The van der Waals surface area contributed by atoms with Gasteiger partial charge < -0.3 is 5.73 Å². The van der Waals surface area contributed by atoms with Crippen molar-refractivity contribution in [2.24, 2.45) is 0 Å². The van der Waals surface area contributed by atoms with E-state index < -0.39 is 0 Å². The van der Waals surface area contributed by atoms with E-state index in [0.29, 0.717) is 16.8 Å².